The largest absolute Gasteiger partial charge is 0.480 e. The van der Waals surface area contributed by atoms with E-state index < -0.39 is 12.0 Å². The highest BCUT2D eigenvalue weighted by Crippen LogP contribution is 2.28. The first-order chi connectivity index (χ1) is 10.1. The second-order valence-corrected chi connectivity index (χ2v) is 6.52. The first kappa shape index (κ1) is 16.1. The normalized spacial score (nSPS) is 29.7. The number of carboxylic acids is 1. The minimum Gasteiger partial charge on any atom is -0.480 e. The molecule has 5 nitrogen and oxygen atoms in total. The smallest absolute Gasteiger partial charge is 0.326 e. The van der Waals surface area contributed by atoms with Crippen molar-refractivity contribution in [1.82, 2.24) is 9.80 Å². The summed E-state index contributed by atoms with van der Waals surface area (Å²) in [6.07, 6.45) is 5.88. The molecule has 2 aliphatic rings. The number of urea groups is 1. The van der Waals surface area contributed by atoms with Gasteiger partial charge in [0.15, 0.2) is 0 Å². The van der Waals surface area contributed by atoms with Gasteiger partial charge in [0.05, 0.1) is 0 Å². The van der Waals surface area contributed by atoms with E-state index in [1.54, 1.807) is 4.90 Å². The third kappa shape index (κ3) is 3.69. The van der Waals surface area contributed by atoms with E-state index >= 15 is 0 Å². The standard InChI is InChI=1S/C16H28N2O3/c1-3-5-13-6-8-17(11-13)16(21)18-9-7-12(4-2)10-14(18)15(19)20/h12-14H,3-11H2,1-2H3,(H,19,20). The molecule has 0 aromatic carbocycles. The molecule has 3 atom stereocenters. The third-order valence-electron chi connectivity index (χ3n) is 5.07. The molecule has 3 unspecified atom stereocenters. The molecule has 0 aromatic rings. The highest BCUT2D eigenvalue weighted by molar-refractivity contribution is 5.83. The summed E-state index contributed by atoms with van der Waals surface area (Å²) in [5.74, 6) is 0.169. The summed E-state index contributed by atoms with van der Waals surface area (Å²) in [4.78, 5) is 27.6. The molecule has 2 amide bonds. The van der Waals surface area contributed by atoms with E-state index in [1.165, 1.54) is 0 Å². The van der Waals surface area contributed by atoms with Gasteiger partial charge >= 0.3 is 12.0 Å². The molecule has 0 aliphatic carbocycles. The number of piperidine rings is 1. The fourth-order valence-electron chi connectivity index (χ4n) is 3.70. The van der Waals surface area contributed by atoms with Crippen molar-refractivity contribution in [3.8, 4) is 0 Å². The van der Waals surface area contributed by atoms with Crippen LogP contribution in [0.4, 0.5) is 4.79 Å². The minimum atomic E-state index is -0.856. The van der Waals surface area contributed by atoms with Gasteiger partial charge in [-0.1, -0.05) is 26.7 Å². The molecule has 2 rings (SSSR count). The number of amides is 2. The van der Waals surface area contributed by atoms with Crippen LogP contribution in [0.2, 0.25) is 0 Å². The fourth-order valence-corrected chi connectivity index (χ4v) is 3.70. The lowest BCUT2D eigenvalue weighted by atomic mass is 9.89. The van der Waals surface area contributed by atoms with Crippen LogP contribution in [0.15, 0.2) is 0 Å². The van der Waals surface area contributed by atoms with Gasteiger partial charge in [0.25, 0.3) is 0 Å². The molecule has 2 fully saturated rings. The minimum absolute atomic E-state index is 0.0597. The predicted octanol–water partition coefficient (Wildman–Crippen LogP) is 2.80. The number of carbonyl (C=O) groups excluding carboxylic acids is 1. The van der Waals surface area contributed by atoms with E-state index in [0.717, 1.165) is 45.2 Å². The van der Waals surface area contributed by atoms with E-state index in [1.807, 2.05) is 4.90 Å². The zero-order valence-corrected chi connectivity index (χ0v) is 13.3. The maximum absolute atomic E-state index is 12.6. The molecule has 0 saturated carbocycles. The highest BCUT2D eigenvalue weighted by atomic mass is 16.4. The number of hydrogen-bond donors (Lipinski definition) is 1. The monoisotopic (exact) mass is 296 g/mol. The Morgan fingerprint density at radius 1 is 1.14 bits per heavy atom. The highest BCUT2D eigenvalue weighted by Gasteiger charge is 2.38. The van der Waals surface area contributed by atoms with Crippen LogP contribution in [0.25, 0.3) is 0 Å². The van der Waals surface area contributed by atoms with E-state index in [4.69, 9.17) is 0 Å². The van der Waals surface area contributed by atoms with Gasteiger partial charge < -0.3 is 14.9 Å². The number of aliphatic carboxylic acids is 1. The van der Waals surface area contributed by atoms with Crippen molar-refractivity contribution in [2.45, 2.75) is 58.4 Å². The quantitative estimate of drug-likeness (QED) is 0.867. The average Bonchev–Trinajstić information content (AvgIpc) is 2.94. The predicted molar refractivity (Wildman–Crippen MR) is 81.1 cm³/mol. The van der Waals surface area contributed by atoms with Crippen LogP contribution in [0, 0.1) is 11.8 Å². The maximum atomic E-state index is 12.6. The Hall–Kier alpha value is -1.26. The van der Waals surface area contributed by atoms with Crippen LogP contribution in [-0.4, -0.2) is 52.6 Å². The SMILES string of the molecule is CCCC1CCN(C(=O)N2CCC(CC)CC2C(=O)O)C1. The van der Waals surface area contributed by atoms with Gasteiger partial charge in [-0.2, -0.15) is 0 Å². The van der Waals surface area contributed by atoms with Gasteiger partial charge in [-0.15, -0.1) is 0 Å². The molecule has 120 valence electrons. The van der Waals surface area contributed by atoms with Crippen molar-refractivity contribution in [3.05, 3.63) is 0 Å². The molecule has 0 spiro atoms. The number of hydrogen-bond acceptors (Lipinski definition) is 2. The molecular weight excluding hydrogens is 268 g/mol. The molecule has 0 radical (unpaired) electrons. The van der Waals surface area contributed by atoms with Gasteiger partial charge in [0.1, 0.15) is 6.04 Å². The zero-order chi connectivity index (χ0) is 15.4. The Morgan fingerprint density at radius 2 is 1.86 bits per heavy atom. The summed E-state index contributed by atoms with van der Waals surface area (Å²) in [5, 5.41) is 9.44. The fraction of sp³-hybridized carbons (Fsp3) is 0.875. The Bertz CT molecular complexity index is 386. The van der Waals surface area contributed by atoms with E-state index in [9.17, 15) is 14.7 Å². The van der Waals surface area contributed by atoms with Crippen molar-refractivity contribution in [2.24, 2.45) is 11.8 Å². The number of nitrogens with zero attached hydrogens (tertiary/aromatic N) is 2. The first-order valence-electron chi connectivity index (χ1n) is 8.35. The molecule has 0 bridgehead atoms. The van der Waals surface area contributed by atoms with Crippen molar-refractivity contribution in [2.75, 3.05) is 19.6 Å². The summed E-state index contributed by atoms with van der Waals surface area (Å²) in [6.45, 7) is 6.43. The van der Waals surface area contributed by atoms with Crippen LogP contribution in [-0.2, 0) is 4.79 Å². The molecule has 2 aliphatic heterocycles. The van der Waals surface area contributed by atoms with Gasteiger partial charge in [0.2, 0.25) is 0 Å². The van der Waals surface area contributed by atoms with Crippen LogP contribution in [0.3, 0.4) is 0 Å². The second kappa shape index (κ2) is 7.14. The molecule has 2 saturated heterocycles. The summed E-state index contributed by atoms with van der Waals surface area (Å²) in [7, 11) is 0. The van der Waals surface area contributed by atoms with Crippen LogP contribution < -0.4 is 0 Å². The van der Waals surface area contributed by atoms with Crippen LogP contribution in [0.5, 0.6) is 0 Å². The topological polar surface area (TPSA) is 60.9 Å². The Morgan fingerprint density at radius 3 is 2.48 bits per heavy atom. The molecular formula is C16H28N2O3. The Labute approximate surface area is 127 Å². The van der Waals surface area contributed by atoms with Crippen molar-refractivity contribution in [1.29, 1.82) is 0 Å². The molecule has 0 aromatic heterocycles. The van der Waals surface area contributed by atoms with Crippen molar-refractivity contribution in [3.63, 3.8) is 0 Å². The summed E-state index contributed by atoms with van der Waals surface area (Å²) in [6, 6.07) is -0.697. The molecule has 2 heterocycles. The lowest BCUT2D eigenvalue weighted by molar-refractivity contribution is -0.144. The molecule has 5 heteroatoms. The van der Waals surface area contributed by atoms with E-state index in [-0.39, 0.29) is 6.03 Å². The van der Waals surface area contributed by atoms with E-state index in [2.05, 4.69) is 13.8 Å². The number of carboxylic acid groups (broad SMARTS) is 1. The van der Waals surface area contributed by atoms with Gasteiger partial charge in [-0.05, 0) is 37.5 Å². The zero-order valence-electron chi connectivity index (χ0n) is 13.3. The van der Waals surface area contributed by atoms with E-state index in [0.29, 0.717) is 24.8 Å². The molecule has 1 N–H and O–H groups in total. The van der Waals surface area contributed by atoms with Crippen molar-refractivity contribution >= 4 is 12.0 Å². The van der Waals surface area contributed by atoms with Gasteiger partial charge in [0, 0.05) is 19.6 Å². The van der Waals surface area contributed by atoms with Gasteiger partial charge in [-0.3, -0.25) is 0 Å². The average molecular weight is 296 g/mol. The summed E-state index contributed by atoms with van der Waals surface area (Å²) < 4.78 is 0. The summed E-state index contributed by atoms with van der Waals surface area (Å²) >= 11 is 0. The van der Waals surface area contributed by atoms with Crippen molar-refractivity contribution < 1.29 is 14.7 Å². The summed E-state index contributed by atoms with van der Waals surface area (Å²) in [5.41, 5.74) is 0. The number of likely N-dealkylation sites (tertiary alicyclic amines) is 2. The maximum Gasteiger partial charge on any atom is 0.326 e. The lowest BCUT2D eigenvalue weighted by Crippen LogP contribution is -2.54. The number of carbonyl (C=O) groups is 2. The van der Waals surface area contributed by atoms with Gasteiger partial charge in [-0.25, -0.2) is 9.59 Å². The van der Waals surface area contributed by atoms with Crippen LogP contribution >= 0.6 is 0 Å². The first-order valence-corrected chi connectivity index (χ1v) is 8.35. The Kier molecular flexibility index (Phi) is 5.48. The Balaban J connectivity index is 1.99. The second-order valence-electron chi connectivity index (χ2n) is 6.52. The molecule has 21 heavy (non-hydrogen) atoms. The lowest BCUT2D eigenvalue weighted by Gasteiger charge is -2.38. The number of rotatable bonds is 4. The van der Waals surface area contributed by atoms with Crippen LogP contribution in [0.1, 0.15) is 52.4 Å². The third-order valence-corrected chi connectivity index (χ3v) is 5.07.